The summed E-state index contributed by atoms with van der Waals surface area (Å²) < 4.78 is 11.3. The highest BCUT2D eigenvalue weighted by Crippen LogP contribution is 2.34. The van der Waals surface area contributed by atoms with Gasteiger partial charge in [-0.15, -0.1) is 0 Å². The molecule has 1 fully saturated rings. The average Bonchev–Trinajstić information content (AvgIpc) is 3.31. The smallest absolute Gasteiger partial charge is 0.255 e. The van der Waals surface area contributed by atoms with Gasteiger partial charge in [-0.3, -0.25) is 9.59 Å². The molecule has 7 nitrogen and oxygen atoms in total. The number of benzene rings is 2. The summed E-state index contributed by atoms with van der Waals surface area (Å²) in [4.78, 5) is 31.1. The Hall–Kier alpha value is -3.61. The lowest BCUT2D eigenvalue weighted by molar-refractivity contribution is -0.126. The molecule has 1 saturated heterocycles. The zero-order chi connectivity index (χ0) is 20.0. The summed E-state index contributed by atoms with van der Waals surface area (Å²) in [5.74, 6) is 0.340. The van der Waals surface area contributed by atoms with Gasteiger partial charge in [0.1, 0.15) is 23.9 Å². The number of amides is 2. The van der Waals surface area contributed by atoms with Crippen molar-refractivity contribution in [3.8, 4) is 5.75 Å². The van der Waals surface area contributed by atoms with Crippen molar-refractivity contribution in [1.29, 1.82) is 0 Å². The molecule has 1 N–H and O–H groups in total. The van der Waals surface area contributed by atoms with E-state index in [4.69, 9.17) is 9.15 Å². The van der Waals surface area contributed by atoms with Gasteiger partial charge in [0.2, 0.25) is 5.91 Å². The molecular weight excluding hydrogens is 370 g/mol. The van der Waals surface area contributed by atoms with Crippen LogP contribution in [0.25, 0.3) is 11.1 Å². The first-order valence-electron chi connectivity index (χ1n) is 9.46. The molecule has 7 heteroatoms. The van der Waals surface area contributed by atoms with Gasteiger partial charge in [-0.1, -0.05) is 18.7 Å². The molecule has 2 aliphatic heterocycles. The minimum Gasteiger partial charge on any atom is -0.489 e. The number of hydrogen-bond donors (Lipinski definition) is 1. The molecule has 5 rings (SSSR count). The molecule has 3 heterocycles. The van der Waals surface area contributed by atoms with Crippen LogP contribution in [0.4, 0.5) is 0 Å². The minimum absolute atomic E-state index is 0.137. The van der Waals surface area contributed by atoms with Gasteiger partial charge in [0.15, 0.2) is 12.0 Å². The maximum atomic E-state index is 12.9. The Kier molecular flexibility index (Phi) is 4.08. The van der Waals surface area contributed by atoms with Gasteiger partial charge in [-0.2, -0.15) is 0 Å². The van der Waals surface area contributed by atoms with Gasteiger partial charge < -0.3 is 19.4 Å². The number of aromatic nitrogens is 1. The number of fused-ring (bicyclic) bond motifs is 2. The van der Waals surface area contributed by atoms with Crippen LogP contribution in [-0.2, 0) is 17.9 Å². The molecular formula is C22H19N3O4. The average molecular weight is 389 g/mol. The van der Waals surface area contributed by atoms with Crippen LogP contribution in [-0.4, -0.2) is 27.7 Å². The maximum Gasteiger partial charge on any atom is 0.255 e. The summed E-state index contributed by atoms with van der Waals surface area (Å²) in [6.07, 6.45) is 2.67. The molecule has 2 amide bonds. The molecule has 29 heavy (non-hydrogen) atoms. The van der Waals surface area contributed by atoms with E-state index in [1.54, 1.807) is 17.0 Å². The zero-order valence-electron chi connectivity index (χ0n) is 15.7. The summed E-state index contributed by atoms with van der Waals surface area (Å²) >= 11 is 0. The first-order chi connectivity index (χ1) is 14.1. The van der Waals surface area contributed by atoms with Gasteiger partial charge in [-0.05, 0) is 42.7 Å². The number of ether oxygens (including phenoxy) is 1. The van der Waals surface area contributed by atoms with E-state index in [-0.39, 0.29) is 11.8 Å². The number of carbonyl (C=O) groups is 2. The van der Waals surface area contributed by atoms with Gasteiger partial charge in [0.05, 0.1) is 6.54 Å². The first-order valence-corrected chi connectivity index (χ1v) is 9.46. The zero-order valence-corrected chi connectivity index (χ0v) is 15.7. The fraction of sp³-hybridized carbons (Fsp3) is 0.227. The van der Waals surface area contributed by atoms with E-state index >= 15 is 0 Å². The van der Waals surface area contributed by atoms with Crippen molar-refractivity contribution in [2.24, 2.45) is 0 Å². The van der Waals surface area contributed by atoms with Crippen molar-refractivity contribution in [1.82, 2.24) is 15.2 Å². The largest absolute Gasteiger partial charge is 0.489 e. The highest BCUT2D eigenvalue weighted by Gasteiger charge is 2.39. The van der Waals surface area contributed by atoms with E-state index in [1.165, 1.54) is 6.39 Å². The number of nitrogens with zero attached hydrogens (tertiary/aromatic N) is 2. The number of nitrogens with one attached hydrogen (secondary N) is 1. The molecule has 0 bridgehead atoms. The summed E-state index contributed by atoms with van der Waals surface area (Å²) in [7, 11) is 0. The summed E-state index contributed by atoms with van der Waals surface area (Å²) in [6.45, 7) is 4.50. The molecule has 1 atom stereocenters. The number of rotatable bonds is 4. The molecule has 0 aliphatic carbocycles. The van der Waals surface area contributed by atoms with Crippen LogP contribution in [0.15, 0.2) is 59.5 Å². The highest BCUT2D eigenvalue weighted by molar-refractivity contribution is 6.02. The van der Waals surface area contributed by atoms with Crippen molar-refractivity contribution in [2.75, 3.05) is 0 Å². The van der Waals surface area contributed by atoms with Crippen molar-refractivity contribution in [3.05, 3.63) is 71.8 Å². The lowest BCUT2D eigenvalue weighted by atomic mass is 10.0. The van der Waals surface area contributed by atoms with Crippen LogP contribution in [0.5, 0.6) is 5.75 Å². The van der Waals surface area contributed by atoms with E-state index in [1.807, 2.05) is 24.3 Å². The Bertz CT molecular complexity index is 1150. The summed E-state index contributed by atoms with van der Waals surface area (Å²) in [5, 5.41) is 2.76. The van der Waals surface area contributed by atoms with Crippen LogP contribution in [0.3, 0.4) is 0 Å². The van der Waals surface area contributed by atoms with Gasteiger partial charge in [0, 0.05) is 16.8 Å². The Labute approximate surface area is 167 Å². The van der Waals surface area contributed by atoms with Gasteiger partial charge >= 0.3 is 0 Å². The van der Waals surface area contributed by atoms with Crippen molar-refractivity contribution >= 4 is 22.9 Å². The van der Waals surface area contributed by atoms with Crippen LogP contribution < -0.4 is 10.1 Å². The second kappa shape index (κ2) is 6.77. The molecule has 146 valence electrons. The first kappa shape index (κ1) is 17.5. The lowest BCUT2D eigenvalue weighted by Crippen LogP contribution is -2.49. The predicted octanol–water partition coefficient (Wildman–Crippen LogP) is 3.15. The van der Waals surface area contributed by atoms with Gasteiger partial charge in [0.25, 0.3) is 5.91 Å². The van der Waals surface area contributed by atoms with Crippen LogP contribution in [0, 0.1) is 0 Å². The van der Waals surface area contributed by atoms with E-state index in [0.717, 1.165) is 22.2 Å². The normalized spacial score (nSPS) is 18.8. The predicted molar refractivity (Wildman–Crippen MR) is 105 cm³/mol. The summed E-state index contributed by atoms with van der Waals surface area (Å²) in [5.41, 5.74) is 4.56. The second-order valence-electron chi connectivity index (χ2n) is 7.31. The summed E-state index contributed by atoms with van der Waals surface area (Å²) in [6, 6.07) is 10.7. The third-order valence-corrected chi connectivity index (χ3v) is 5.44. The third-order valence-electron chi connectivity index (χ3n) is 5.44. The monoisotopic (exact) mass is 389 g/mol. The molecule has 3 aromatic rings. The molecule has 2 aromatic carbocycles. The molecule has 0 saturated carbocycles. The van der Waals surface area contributed by atoms with Crippen LogP contribution in [0.2, 0.25) is 0 Å². The standard InChI is InChI=1S/C22H19N3O4/c1-13-5-7-18(21(26)24-13)25-10-16-15(22(25)27)3-2-4-19(16)28-11-14-6-8-20-17(9-14)23-12-29-20/h2-4,6,8-9,12,18H,1,5,7,10-11H2,(H,24,26). The van der Waals surface area contributed by atoms with Crippen molar-refractivity contribution in [2.45, 2.75) is 32.0 Å². The van der Waals surface area contributed by atoms with Crippen molar-refractivity contribution < 1.29 is 18.7 Å². The minimum atomic E-state index is -0.483. The highest BCUT2D eigenvalue weighted by atomic mass is 16.5. The maximum absolute atomic E-state index is 12.9. The van der Waals surface area contributed by atoms with E-state index < -0.39 is 6.04 Å². The van der Waals surface area contributed by atoms with Crippen LogP contribution in [0.1, 0.15) is 34.3 Å². The number of allylic oxidation sites excluding steroid dienone is 1. The van der Waals surface area contributed by atoms with E-state index in [0.29, 0.717) is 43.0 Å². The molecule has 0 radical (unpaired) electrons. The molecule has 0 spiro atoms. The molecule has 2 aliphatic rings. The number of oxazole rings is 1. The molecule has 1 aromatic heterocycles. The van der Waals surface area contributed by atoms with E-state index in [9.17, 15) is 9.59 Å². The van der Waals surface area contributed by atoms with Gasteiger partial charge in [-0.25, -0.2) is 4.98 Å². The number of hydrogen-bond acceptors (Lipinski definition) is 5. The lowest BCUT2D eigenvalue weighted by Gasteiger charge is -2.31. The Balaban J connectivity index is 1.36. The second-order valence-corrected chi connectivity index (χ2v) is 7.31. The number of carbonyl (C=O) groups excluding carboxylic acids is 2. The quantitative estimate of drug-likeness (QED) is 0.741. The topological polar surface area (TPSA) is 84.7 Å². The molecule has 1 unspecified atom stereocenters. The fourth-order valence-electron chi connectivity index (χ4n) is 3.93. The third kappa shape index (κ3) is 3.04. The van der Waals surface area contributed by atoms with Crippen LogP contribution >= 0.6 is 0 Å². The SMILES string of the molecule is C=C1CCC(N2Cc3c(OCc4ccc5ocnc5c4)cccc3C2=O)C(=O)N1. The van der Waals surface area contributed by atoms with Crippen molar-refractivity contribution in [3.63, 3.8) is 0 Å². The van der Waals surface area contributed by atoms with E-state index in [2.05, 4.69) is 16.9 Å². The Morgan fingerprint density at radius 1 is 1.28 bits per heavy atom. The Morgan fingerprint density at radius 2 is 2.17 bits per heavy atom. The number of piperidine rings is 1. The fourth-order valence-corrected chi connectivity index (χ4v) is 3.93. The Morgan fingerprint density at radius 3 is 3.03 bits per heavy atom.